The van der Waals surface area contributed by atoms with Gasteiger partial charge in [0.15, 0.2) is 0 Å². The zero-order chi connectivity index (χ0) is 14.0. The van der Waals surface area contributed by atoms with Gasteiger partial charge in [0.05, 0.1) is 0 Å². The maximum Gasteiger partial charge on any atom is 0.0203 e. The molecule has 0 bridgehead atoms. The Morgan fingerprint density at radius 1 is 0.600 bits per heavy atom. The zero-order valence-corrected chi connectivity index (χ0v) is 14.6. The van der Waals surface area contributed by atoms with Crippen molar-refractivity contribution in [3.8, 4) is 0 Å². The summed E-state index contributed by atoms with van der Waals surface area (Å²) in [6.07, 6.45) is 6.54. The maximum atomic E-state index is 3.55. The Morgan fingerprint density at radius 3 is 1.40 bits per heavy atom. The normalized spacial score (nSPS) is 17.9. The van der Waals surface area contributed by atoms with E-state index in [4.69, 9.17) is 0 Å². The van der Waals surface area contributed by atoms with Gasteiger partial charge in [0.2, 0.25) is 0 Å². The fourth-order valence-electron chi connectivity index (χ4n) is 3.44. The number of benzene rings is 2. The molecule has 0 amide bonds. The molecule has 104 valence electrons. The second-order valence-electron chi connectivity index (χ2n) is 5.66. The summed E-state index contributed by atoms with van der Waals surface area (Å²) in [7, 11) is 0. The number of hydrogen-bond acceptors (Lipinski definition) is 0. The number of rotatable bonds is 2. The summed E-state index contributed by atoms with van der Waals surface area (Å²) >= 11 is 7.09. The van der Waals surface area contributed by atoms with Crippen LogP contribution in [0.25, 0.3) is 0 Å². The Balaban J connectivity index is 2.08. The molecule has 0 radical (unpaired) electrons. The van der Waals surface area contributed by atoms with Crippen LogP contribution in [0, 0.1) is 0 Å². The standard InChI is InChI=1S/C18H18Br2/c19-16-8-4-14(5-9-16)18(12-2-1-3-13-18)15-6-10-17(20)11-7-15/h4-11H,1-3,12-13H2. The molecule has 1 aliphatic carbocycles. The lowest BCUT2D eigenvalue weighted by Gasteiger charge is -2.38. The lowest BCUT2D eigenvalue weighted by molar-refractivity contribution is 0.346. The smallest absolute Gasteiger partial charge is 0.0203 e. The summed E-state index contributed by atoms with van der Waals surface area (Å²) in [5.41, 5.74) is 3.13. The van der Waals surface area contributed by atoms with Crippen LogP contribution < -0.4 is 0 Å². The molecule has 20 heavy (non-hydrogen) atoms. The van der Waals surface area contributed by atoms with Crippen molar-refractivity contribution in [3.05, 3.63) is 68.6 Å². The predicted molar refractivity (Wildman–Crippen MR) is 92.1 cm³/mol. The van der Waals surface area contributed by atoms with E-state index >= 15 is 0 Å². The van der Waals surface area contributed by atoms with Crippen molar-refractivity contribution in [2.75, 3.05) is 0 Å². The fraction of sp³-hybridized carbons (Fsp3) is 0.333. The molecule has 1 fully saturated rings. The highest BCUT2D eigenvalue weighted by molar-refractivity contribution is 9.10. The van der Waals surface area contributed by atoms with E-state index in [9.17, 15) is 0 Å². The Bertz CT molecular complexity index is 516. The van der Waals surface area contributed by atoms with Gasteiger partial charge in [0.1, 0.15) is 0 Å². The molecule has 1 aliphatic rings. The first-order valence-electron chi connectivity index (χ1n) is 7.23. The third-order valence-corrected chi connectivity index (χ3v) is 5.56. The Hall–Kier alpha value is -0.600. The molecule has 0 N–H and O–H groups in total. The fourth-order valence-corrected chi connectivity index (χ4v) is 3.97. The first-order chi connectivity index (χ1) is 9.71. The molecular weight excluding hydrogens is 376 g/mol. The molecule has 0 spiro atoms. The number of hydrogen-bond donors (Lipinski definition) is 0. The van der Waals surface area contributed by atoms with Gasteiger partial charge in [0, 0.05) is 14.4 Å². The summed E-state index contributed by atoms with van der Waals surface area (Å²) in [5, 5.41) is 0. The topological polar surface area (TPSA) is 0 Å². The molecule has 1 saturated carbocycles. The van der Waals surface area contributed by atoms with E-state index in [1.807, 2.05) is 0 Å². The third-order valence-electron chi connectivity index (χ3n) is 4.50. The summed E-state index contributed by atoms with van der Waals surface area (Å²) in [5.74, 6) is 0. The Labute approximate surface area is 137 Å². The average Bonchev–Trinajstić information content (AvgIpc) is 2.49. The molecule has 2 aromatic carbocycles. The SMILES string of the molecule is Brc1ccc(C2(c3ccc(Br)cc3)CCCCC2)cc1. The molecular formula is C18H18Br2. The Morgan fingerprint density at radius 2 is 1.00 bits per heavy atom. The van der Waals surface area contributed by atoms with Crippen molar-refractivity contribution < 1.29 is 0 Å². The van der Waals surface area contributed by atoms with E-state index in [1.165, 1.54) is 43.2 Å². The highest BCUT2D eigenvalue weighted by Crippen LogP contribution is 2.45. The van der Waals surface area contributed by atoms with Gasteiger partial charge in [-0.1, -0.05) is 75.4 Å². The van der Waals surface area contributed by atoms with Gasteiger partial charge < -0.3 is 0 Å². The summed E-state index contributed by atoms with van der Waals surface area (Å²) in [6, 6.07) is 17.8. The lowest BCUT2D eigenvalue weighted by Crippen LogP contribution is -2.30. The second kappa shape index (κ2) is 6.03. The third kappa shape index (κ3) is 2.73. The molecule has 0 heterocycles. The first-order valence-corrected chi connectivity index (χ1v) is 8.81. The highest BCUT2D eigenvalue weighted by Gasteiger charge is 2.35. The monoisotopic (exact) mass is 392 g/mol. The van der Waals surface area contributed by atoms with Crippen LogP contribution >= 0.6 is 31.9 Å². The lowest BCUT2D eigenvalue weighted by atomic mass is 9.65. The zero-order valence-electron chi connectivity index (χ0n) is 11.4. The van der Waals surface area contributed by atoms with Gasteiger partial charge in [-0.3, -0.25) is 0 Å². The van der Waals surface area contributed by atoms with E-state index in [0.29, 0.717) is 0 Å². The first kappa shape index (κ1) is 14.3. The van der Waals surface area contributed by atoms with Crippen LogP contribution in [-0.2, 0) is 5.41 Å². The van der Waals surface area contributed by atoms with Crippen molar-refractivity contribution in [2.24, 2.45) is 0 Å². The van der Waals surface area contributed by atoms with Crippen molar-refractivity contribution in [1.29, 1.82) is 0 Å². The van der Waals surface area contributed by atoms with E-state index < -0.39 is 0 Å². The quantitative estimate of drug-likeness (QED) is 0.548. The van der Waals surface area contributed by atoms with Crippen molar-refractivity contribution >= 4 is 31.9 Å². The maximum absolute atomic E-state index is 3.55. The van der Waals surface area contributed by atoms with Gasteiger partial charge in [-0.25, -0.2) is 0 Å². The van der Waals surface area contributed by atoms with Gasteiger partial charge in [-0.2, -0.15) is 0 Å². The van der Waals surface area contributed by atoms with Gasteiger partial charge in [0.25, 0.3) is 0 Å². The minimum absolute atomic E-state index is 0.208. The van der Waals surface area contributed by atoms with Crippen LogP contribution in [0.4, 0.5) is 0 Å². The van der Waals surface area contributed by atoms with Crippen molar-refractivity contribution in [1.82, 2.24) is 0 Å². The van der Waals surface area contributed by atoms with Crippen LogP contribution in [0.2, 0.25) is 0 Å². The van der Waals surface area contributed by atoms with Crippen molar-refractivity contribution in [2.45, 2.75) is 37.5 Å². The van der Waals surface area contributed by atoms with Gasteiger partial charge in [-0.05, 0) is 48.2 Å². The second-order valence-corrected chi connectivity index (χ2v) is 7.49. The molecule has 0 unspecified atom stereocenters. The van der Waals surface area contributed by atoms with Gasteiger partial charge in [-0.15, -0.1) is 0 Å². The van der Waals surface area contributed by atoms with Crippen LogP contribution in [0.1, 0.15) is 43.2 Å². The van der Waals surface area contributed by atoms with E-state index in [0.717, 1.165) is 8.95 Å². The van der Waals surface area contributed by atoms with Crippen LogP contribution in [0.15, 0.2) is 57.5 Å². The minimum Gasteiger partial charge on any atom is -0.0570 e. The number of halogens is 2. The van der Waals surface area contributed by atoms with E-state index in [2.05, 4.69) is 80.4 Å². The van der Waals surface area contributed by atoms with Crippen LogP contribution in [0.3, 0.4) is 0 Å². The Kier molecular flexibility index (Phi) is 4.32. The summed E-state index contributed by atoms with van der Waals surface area (Å²) in [4.78, 5) is 0. The van der Waals surface area contributed by atoms with Gasteiger partial charge >= 0.3 is 0 Å². The molecule has 2 aromatic rings. The minimum atomic E-state index is 0.208. The summed E-state index contributed by atoms with van der Waals surface area (Å²) in [6.45, 7) is 0. The largest absolute Gasteiger partial charge is 0.0570 e. The summed E-state index contributed by atoms with van der Waals surface area (Å²) < 4.78 is 2.31. The molecule has 0 nitrogen and oxygen atoms in total. The van der Waals surface area contributed by atoms with Crippen LogP contribution in [-0.4, -0.2) is 0 Å². The molecule has 0 aromatic heterocycles. The molecule has 2 heteroatoms. The van der Waals surface area contributed by atoms with Crippen molar-refractivity contribution in [3.63, 3.8) is 0 Å². The molecule has 0 saturated heterocycles. The van der Waals surface area contributed by atoms with Crippen LogP contribution in [0.5, 0.6) is 0 Å². The molecule has 0 atom stereocenters. The highest BCUT2D eigenvalue weighted by atomic mass is 79.9. The average molecular weight is 394 g/mol. The molecule has 3 rings (SSSR count). The predicted octanol–water partition coefficient (Wildman–Crippen LogP) is 6.46. The molecule has 0 aliphatic heterocycles. The van der Waals surface area contributed by atoms with E-state index in [-0.39, 0.29) is 5.41 Å². The van der Waals surface area contributed by atoms with E-state index in [1.54, 1.807) is 0 Å².